The average molecular weight is 544 g/mol. The van der Waals surface area contributed by atoms with Crippen LogP contribution >= 0.6 is 0 Å². The molecule has 1 heterocycles. The molecule has 0 fully saturated rings. The number of amides is 1. The predicted molar refractivity (Wildman–Crippen MR) is 140 cm³/mol. The Balaban J connectivity index is 2.00. The molecule has 0 aliphatic heterocycles. The normalized spacial score (nSPS) is 11.8. The van der Waals surface area contributed by atoms with E-state index in [1.807, 2.05) is 24.3 Å². The molecule has 9 nitrogen and oxygen atoms in total. The Morgan fingerprint density at radius 1 is 1.05 bits per heavy atom. The minimum absolute atomic E-state index is 0.0310. The fraction of sp³-hybridized carbons (Fsp3) is 0.321. The lowest BCUT2D eigenvalue weighted by molar-refractivity contribution is -0.146. The van der Waals surface area contributed by atoms with Crippen molar-refractivity contribution in [3.05, 3.63) is 71.3 Å². The first kappa shape index (κ1) is 29.5. The van der Waals surface area contributed by atoms with Crippen molar-refractivity contribution in [2.45, 2.75) is 32.9 Å². The number of carboxylic acid groups (broad SMARTS) is 1. The van der Waals surface area contributed by atoms with E-state index in [9.17, 15) is 23.5 Å². The van der Waals surface area contributed by atoms with Gasteiger partial charge >= 0.3 is 5.97 Å². The first-order valence-corrected chi connectivity index (χ1v) is 12.3. The third kappa shape index (κ3) is 8.20. The van der Waals surface area contributed by atoms with Crippen LogP contribution in [0.15, 0.2) is 48.5 Å². The number of nitrogens with zero attached hydrogens (tertiary/aromatic N) is 1. The SMILES string of the molecule is COCCNC(=O)c1cc(Oc2nc(O[C@H](CC(C)C)C(=O)O)c(F)cc2F)cc(-c2cccc(CN)c2)c1. The Labute approximate surface area is 224 Å². The van der Waals surface area contributed by atoms with Gasteiger partial charge in [-0.1, -0.05) is 32.0 Å². The van der Waals surface area contributed by atoms with Crippen LogP contribution in [-0.4, -0.2) is 48.3 Å². The molecule has 0 saturated carbocycles. The molecule has 0 saturated heterocycles. The summed E-state index contributed by atoms with van der Waals surface area (Å²) in [5.74, 6) is -5.47. The Bertz CT molecular complexity index is 1320. The zero-order valence-electron chi connectivity index (χ0n) is 21.9. The van der Waals surface area contributed by atoms with Gasteiger partial charge in [0.05, 0.1) is 6.61 Å². The van der Waals surface area contributed by atoms with Gasteiger partial charge in [0, 0.05) is 31.8 Å². The first-order chi connectivity index (χ1) is 18.6. The van der Waals surface area contributed by atoms with Gasteiger partial charge in [0.1, 0.15) is 5.75 Å². The molecule has 208 valence electrons. The fourth-order valence-electron chi connectivity index (χ4n) is 3.66. The second kappa shape index (κ2) is 13.6. The van der Waals surface area contributed by atoms with Gasteiger partial charge in [-0.3, -0.25) is 4.79 Å². The molecule has 0 bridgehead atoms. The summed E-state index contributed by atoms with van der Waals surface area (Å²) in [5, 5.41) is 12.1. The quantitative estimate of drug-likeness (QED) is 0.268. The second-order valence-electron chi connectivity index (χ2n) is 9.14. The predicted octanol–water partition coefficient (Wildman–Crippen LogP) is 4.53. The number of nitrogens with two attached hydrogens (primary N) is 1. The van der Waals surface area contributed by atoms with Crippen molar-refractivity contribution in [1.29, 1.82) is 0 Å². The van der Waals surface area contributed by atoms with E-state index in [0.29, 0.717) is 24.8 Å². The Kier molecular flexibility index (Phi) is 10.3. The number of pyridine rings is 1. The zero-order chi connectivity index (χ0) is 28.5. The third-order valence-corrected chi connectivity index (χ3v) is 5.55. The Hall–Kier alpha value is -4.09. The van der Waals surface area contributed by atoms with Crippen LogP contribution in [0.4, 0.5) is 8.78 Å². The number of hydrogen-bond donors (Lipinski definition) is 3. The van der Waals surface area contributed by atoms with E-state index in [1.165, 1.54) is 13.2 Å². The molecule has 3 aromatic rings. The van der Waals surface area contributed by atoms with Gasteiger partial charge in [-0.2, -0.15) is 4.98 Å². The highest BCUT2D eigenvalue weighted by Gasteiger charge is 2.25. The number of aliphatic carboxylic acids is 1. The summed E-state index contributed by atoms with van der Waals surface area (Å²) >= 11 is 0. The lowest BCUT2D eigenvalue weighted by Gasteiger charge is -2.17. The van der Waals surface area contributed by atoms with Crippen LogP contribution < -0.4 is 20.5 Å². The van der Waals surface area contributed by atoms with Crippen molar-refractivity contribution in [1.82, 2.24) is 10.3 Å². The van der Waals surface area contributed by atoms with Crippen LogP contribution in [0, 0.1) is 17.6 Å². The monoisotopic (exact) mass is 543 g/mol. The molecule has 0 spiro atoms. The molecule has 1 amide bonds. The average Bonchev–Trinajstić information content (AvgIpc) is 2.90. The third-order valence-electron chi connectivity index (χ3n) is 5.55. The molecule has 0 unspecified atom stereocenters. The number of nitrogens with one attached hydrogen (secondary N) is 1. The van der Waals surface area contributed by atoms with Crippen molar-refractivity contribution in [3.63, 3.8) is 0 Å². The maximum Gasteiger partial charge on any atom is 0.344 e. The standard InChI is InChI=1S/C28H31F2N3O6/c1-16(2)9-24(28(35)36)39-27-23(30)14-22(29)26(33-27)38-21-12-19(18-6-4-5-17(10-18)15-31)11-20(13-21)25(34)32-7-8-37-3/h4-6,10-14,16,24H,7-9,15,31H2,1-3H3,(H,32,34)(H,35,36)/t24-/m1/s1. The van der Waals surface area contributed by atoms with Crippen molar-refractivity contribution in [2.24, 2.45) is 11.7 Å². The maximum absolute atomic E-state index is 14.7. The molecular formula is C28H31F2N3O6. The van der Waals surface area contributed by atoms with Crippen LogP contribution in [0.2, 0.25) is 0 Å². The number of halogens is 2. The molecule has 1 atom stereocenters. The minimum Gasteiger partial charge on any atom is -0.479 e. The van der Waals surface area contributed by atoms with Gasteiger partial charge in [-0.15, -0.1) is 0 Å². The summed E-state index contributed by atoms with van der Waals surface area (Å²) in [5.41, 5.74) is 8.13. The van der Waals surface area contributed by atoms with E-state index in [4.69, 9.17) is 19.9 Å². The molecule has 0 radical (unpaired) electrons. The summed E-state index contributed by atoms with van der Waals surface area (Å²) in [6.45, 7) is 4.42. The van der Waals surface area contributed by atoms with Gasteiger partial charge in [-0.25, -0.2) is 13.6 Å². The van der Waals surface area contributed by atoms with Crippen LogP contribution in [0.1, 0.15) is 36.2 Å². The maximum atomic E-state index is 14.7. The molecule has 3 rings (SSSR count). The van der Waals surface area contributed by atoms with Gasteiger partial charge in [0.25, 0.3) is 17.7 Å². The molecular weight excluding hydrogens is 512 g/mol. The molecule has 0 aliphatic rings. The number of rotatable bonds is 13. The molecule has 0 aliphatic carbocycles. The van der Waals surface area contributed by atoms with Gasteiger partial charge < -0.3 is 30.4 Å². The summed E-state index contributed by atoms with van der Waals surface area (Å²) in [4.78, 5) is 28.2. The lowest BCUT2D eigenvalue weighted by atomic mass is 10.00. The number of carbonyl (C=O) groups excluding carboxylic acids is 1. The number of benzene rings is 2. The molecule has 4 N–H and O–H groups in total. The lowest BCUT2D eigenvalue weighted by Crippen LogP contribution is -2.29. The molecule has 1 aromatic heterocycles. The van der Waals surface area contributed by atoms with E-state index >= 15 is 0 Å². The minimum atomic E-state index is -1.40. The van der Waals surface area contributed by atoms with Gasteiger partial charge in [0.15, 0.2) is 17.7 Å². The van der Waals surface area contributed by atoms with Crippen LogP contribution in [0.3, 0.4) is 0 Å². The highest BCUT2D eigenvalue weighted by Crippen LogP contribution is 2.32. The van der Waals surface area contributed by atoms with Crippen LogP contribution in [0.5, 0.6) is 17.5 Å². The summed E-state index contributed by atoms with van der Waals surface area (Å²) < 4.78 is 45.0. The van der Waals surface area contributed by atoms with Gasteiger partial charge in [-0.05, 0) is 53.3 Å². The highest BCUT2D eigenvalue weighted by molar-refractivity contribution is 5.96. The van der Waals surface area contributed by atoms with E-state index in [2.05, 4.69) is 10.3 Å². The Morgan fingerprint density at radius 2 is 1.79 bits per heavy atom. The van der Waals surface area contributed by atoms with Gasteiger partial charge in [0.2, 0.25) is 0 Å². The van der Waals surface area contributed by atoms with Crippen molar-refractivity contribution >= 4 is 11.9 Å². The number of methoxy groups -OCH3 is 1. The van der Waals surface area contributed by atoms with Crippen molar-refractivity contribution in [2.75, 3.05) is 20.3 Å². The van der Waals surface area contributed by atoms with E-state index < -0.39 is 41.4 Å². The van der Waals surface area contributed by atoms with Crippen LogP contribution in [0.25, 0.3) is 11.1 Å². The zero-order valence-corrected chi connectivity index (χ0v) is 21.9. The fourth-order valence-corrected chi connectivity index (χ4v) is 3.66. The largest absolute Gasteiger partial charge is 0.479 e. The second-order valence-corrected chi connectivity index (χ2v) is 9.14. The number of carboxylic acids is 1. The van der Waals surface area contributed by atoms with Crippen LogP contribution in [-0.2, 0) is 16.1 Å². The highest BCUT2D eigenvalue weighted by atomic mass is 19.1. The smallest absolute Gasteiger partial charge is 0.344 e. The summed E-state index contributed by atoms with van der Waals surface area (Å²) in [7, 11) is 1.51. The number of carbonyl (C=O) groups is 2. The summed E-state index contributed by atoms with van der Waals surface area (Å²) in [6, 6.07) is 12.4. The number of ether oxygens (including phenoxy) is 3. The van der Waals surface area contributed by atoms with E-state index in [-0.39, 0.29) is 30.2 Å². The molecule has 2 aromatic carbocycles. The molecule has 39 heavy (non-hydrogen) atoms. The topological polar surface area (TPSA) is 133 Å². The van der Waals surface area contributed by atoms with E-state index in [1.54, 1.807) is 26.0 Å². The van der Waals surface area contributed by atoms with Crippen molar-refractivity contribution < 1.29 is 37.7 Å². The number of aromatic nitrogens is 1. The first-order valence-electron chi connectivity index (χ1n) is 12.3. The molecule has 11 heteroatoms. The van der Waals surface area contributed by atoms with E-state index in [0.717, 1.165) is 11.1 Å². The van der Waals surface area contributed by atoms with Crippen molar-refractivity contribution in [3.8, 4) is 28.6 Å². The summed E-state index contributed by atoms with van der Waals surface area (Å²) in [6.07, 6.45) is -1.32. The number of hydrogen-bond acceptors (Lipinski definition) is 7. The Morgan fingerprint density at radius 3 is 2.46 bits per heavy atom.